The highest BCUT2D eigenvalue weighted by molar-refractivity contribution is 8.05. The Labute approximate surface area is 84.5 Å². The van der Waals surface area contributed by atoms with Crippen LogP contribution in [0, 0.1) is 0 Å². The summed E-state index contributed by atoms with van der Waals surface area (Å²) < 4.78 is 21.8. The van der Waals surface area contributed by atoms with Crippen molar-refractivity contribution in [2.75, 3.05) is 34.1 Å². The van der Waals surface area contributed by atoms with Gasteiger partial charge in [-0.25, -0.2) is 0 Å². The van der Waals surface area contributed by atoms with E-state index in [-0.39, 0.29) is 5.11 Å². The van der Waals surface area contributed by atoms with E-state index in [0.29, 0.717) is 0 Å². The van der Waals surface area contributed by atoms with Gasteiger partial charge in [0.2, 0.25) is 0 Å². The zero-order valence-corrected chi connectivity index (χ0v) is 10.5. The molecule has 1 unspecified atom stereocenters. The lowest BCUT2D eigenvalue weighted by Crippen LogP contribution is -2.26. The third-order valence-corrected chi connectivity index (χ3v) is 5.83. The molecule has 13 heavy (non-hydrogen) atoms. The van der Waals surface area contributed by atoms with Crippen LogP contribution in [0.4, 0.5) is 0 Å². The second kappa shape index (κ2) is 6.04. The van der Waals surface area contributed by atoms with Crippen molar-refractivity contribution in [3.8, 4) is 0 Å². The van der Waals surface area contributed by atoms with E-state index in [2.05, 4.69) is 0 Å². The van der Waals surface area contributed by atoms with Crippen LogP contribution in [0.15, 0.2) is 0 Å². The van der Waals surface area contributed by atoms with Gasteiger partial charge in [0.25, 0.3) is 0 Å². The Bertz CT molecular complexity index is 181. The number of nitrogens with zero attached hydrogens (tertiary/aromatic N) is 1. The van der Waals surface area contributed by atoms with Gasteiger partial charge in [0, 0.05) is 14.2 Å². The van der Waals surface area contributed by atoms with E-state index in [4.69, 9.17) is 9.05 Å². The van der Waals surface area contributed by atoms with Gasteiger partial charge in [-0.15, -0.1) is 11.8 Å². The van der Waals surface area contributed by atoms with E-state index >= 15 is 0 Å². The Morgan fingerprint density at radius 3 is 2.08 bits per heavy atom. The van der Waals surface area contributed by atoms with E-state index in [9.17, 15) is 4.57 Å². The quantitative estimate of drug-likeness (QED) is 0.513. The summed E-state index contributed by atoms with van der Waals surface area (Å²) in [5.74, 6) is 0.875. The first kappa shape index (κ1) is 13.5. The summed E-state index contributed by atoms with van der Waals surface area (Å²) in [6.07, 6.45) is 0. The van der Waals surface area contributed by atoms with Crippen LogP contribution in [0.3, 0.4) is 0 Å². The van der Waals surface area contributed by atoms with Gasteiger partial charge in [-0.1, -0.05) is 6.92 Å². The predicted octanol–water partition coefficient (Wildman–Crippen LogP) is 2.07. The minimum absolute atomic E-state index is 0.229. The van der Waals surface area contributed by atoms with Gasteiger partial charge in [0.15, 0.2) is 5.11 Å². The van der Waals surface area contributed by atoms with Crippen LogP contribution >= 0.6 is 19.4 Å². The SMILES string of the molecule is CCSC(N(C)C)P(=O)(OC)OC. The number of thioether (sulfide) groups is 1. The third-order valence-electron chi connectivity index (χ3n) is 1.54. The molecule has 0 saturated heterocycles. The Kier molecular flexibility index (Phi) is 6.25. The Morgan fingerprint density at radius 1 is 1.38 bits per heavy atom. The van der Waals surface area contributed by atoms with Gasteiger partial charge >= 0.3 is 7.60 Å². The molecule has 0 rings (SSSR count). The molecule has 1 atom stereocenters. The molecule has 0 bridgehead atoms. The largest absolute Gasteiger partial charge is 0.357 e. The van der Waals surface area contributed by atoms with Crippen LogP contribution in [-0.4, -0.2) is 44.1 Å². The van der Waals surface area contributed by atoms with Crippen LogP contribution in [0.25, 0.3) is 0 Å². The van der Waals surface area contributed by atoms with Crippen molar-refractivity contribution in [3.63, 3.8) is 0 Å². The Hall–Kier alpha value is 0.460. The molecule has 0 amide bonds. The number of hydrogen-bond acceptors (Lipinski definition) is 5. The minimum atomic E-state index is -2.98. The zero-order chi connectivity index (χ0) is 10.5. The molecule has 80 valence electrons. The first-order valence-corrected chi connectivity index (χ1v) is 6.67. The molecular weight excluding hydrogens is 209 g/mol. The molecule has 0 heterocycles. The smallest absolute Gasteiger partial charge is 0.310 e. The van der Waals surface area contributed by atoms with Crippen LogP contribution in [0.1, 0.15) is 6.92 Å². The van der Waals surface area contributed by atoms with Crippen molar-refractivity contribution in [2.45, 2.75) is 12.0 Å². The molecule has 4 nitrogen and oxygen atoms in total. The fourth-order valence-corrected chi connectivity index (χ4v) is 4.29. The maximum atomic E-state index is 12.0. The van der Waals surface area contributed by atoms with Crippen molar-refractivity contribution in [1.29, 1.82) is 0 Å². The summed E-state index contributed by atoms with van der Waals surface area (Å²) in [6.45, 7) is 2.01. The van der Waals surface area contributed by atoms with Crippen molar-refractivity contribution in [3.05, 3.63) is 0 Å². The molecule has 0 aliphatic heterocycles. The highest BCUT2D eigenvalue weighted by atomic mass is 32.2. The van der Waals surface area contributed by atoms with E-state index < -0.39 is 7.60 Å². The van der Waals surface area contributed by atoms with E-state index in [1.165, 1.54) is 14.2 Å². The molecular formula is C7H18NO3PS. The summed E-state index contributed by atoms with van der Waals surface area (Å²) in [5, 5.41) is -0.229. The average molecular weight is 227 g/mol. The minimum Gasteiger partial charge on any atom is -0.310 e. The Balaban J connectivity index is 4.59. The fourth-order valence-electron chi connectivity index (χ4n) is 0.927. The van der Waals surface area contributed by atoms with E-state index in [1.54, 1.807) is 11.8 Å². The number of hydrogen-bond donors (Lipinski definition) is 0. The van der Waals surface area contributed by atoms with Crippen LogP contribution in [-0.2, 0) is 13.6 Å². The normalized spacial score (nSPS) is 14.9. The lowest BCUT2D eigenvalue weighted by molar-refractivity contribution is 0.251. The standard InChI is InChI=1S/C7H18NO3PS/c1-6-13-7(8(2)3)12(9,10-4)11-5/h7H,6H2,1-5H3. The van der Waals surface area contributed by atoms with E-state index in [1.807, 2.05) is 25.9 Å². The lowest BCUT2D eigenvalue weighted by atomic mass is 11.0. The number of rotatable bonds is 6. The molecule has 0 radical (unpaired) electrons. The van der Waals surface area contributed by atoms with Crippen molar-refractivity contribution in [2.24, 2.45) is 0 Å². The third kappa shape index (κ3) is 3.60. The summed E-state index contributed by atoms with van der Waals surface area (Å²) in [5.41, 5.74) is 0. The first-order valence-electron chi connectivity index (χ1n) is 4.01. The van der Waals surface area contributed by atoms with Crippen molar-refractivity contribution < 1.29 is 13.6 Å². The van der Waals surface area contributed by atoms with Gasteiger partial charge < -0.3 is 9.05 Å². The van der Waals surface area contributed by atoms with Crippen molar-refractivity contribution in [1.82, 2.24) is 4.90 Å². The summed E-state index contributed by atoms with van der Waals surface area (Å²) in [6, 6.07) is 0. The van der Waals surface area contributed by atoms with Crippen LogP contribution in [0.2, 0.25) is 0 Å². The van der Waals surface area contributed by atoms with Crippen molar-refractivity contribution >= 4 is 19.4 Å². The summed E-state index contributed by atoms with van der Waals surface area (Å²) in [4.78, 5) is 1.85. The molecule has 0 aliphatic rings. The second-order valence-corrected chi connectivity index (χ2v) is 6.66. The van der Waals surface area contributed by atoms with Gasteiger partial charge in [-0.3, -0.25) is 9.46 Å². The van der Waals surface area contributed by atoms with Gasteiger partial charge in [0.05, 0.1) is 0 Å². The zero-order valence-electron chi connectivity index (χ0n) is 8.81. The van der Waals surface area contributed by atoms with Crippen LogP contribution in [0.5, 0.6) is 0 Å². The maximum absolute atomic E-state index is 12.0. The molecule has 0 aromatic carbocycles. The molecule has 0 aromatic rings. The molecule has 6 heteroatoms. The highest BCUT2D eigenvalue weighted by Gasteiger charge is 2.35. The molecule has 0 fully saturated rings. The summed E-state index contributed by atoms with van der Waals surface area (Å²) >= 11 is 1.55. The van der Waals surface area contributed by atoms with Crippen LogP contribution < -0.4 is 0 Å². The topological polar surface area (TPSA) is 38.8 Å². The average Bonchev–Trinajstić information content (AvgIpc) is 2.12. The maximum Gasteiger partial charge on any atom is 0.357 e. The monoisotopic (exact) mass is 227 g/mol. The van der Waals surface area contributed by atoms with Gasteiger partial charge in [-0.05, 0) is 19.8 Å². The molecule has 0 aromatic heterocycles. The van der Waals surface area contributed by atoms with Gasteiger partial charge in [0.1, 0.15) is 0 Å². The molecule has 0 saturated carbocycles. The second-order valence-electron chi connectivity index (χ2n) is 2.65. The Morgan fingerprint density at radius 2 is 1.85 bits per heavy atom. The molecule has 0 aliphatic carbocycles. The highest BCUT2D eigenvalue weighted by Crippen LogP contribution is 2.56. The molecule has 0 spiro atoms. The van der Waals surface area contributed by atoms with Gasteiger partial charge in [-0.2, -0.15) is 0 Å². The summed E-state index contributed by atoms with van der Waals surface area (Å²) in [7, 11) is 3.57. The predicted molar refractivity (Wildman–Crippen MR) is 57.2 cm³/mol. The molecule has 0 N–H and O–H groups in total. The van der Waals surface area contributed by atoms with E-state index in [0.717, 1.165) is 5.75 Å². The fraction of sp³-hybridized carbons (Fsp3) is 1.00. The first-order chi connectivity index (χ1) is 6.01. The lowest BCUT2D eigenvalue weighted by Gasteiger charge is -2.28.